The van der Waals surface area contributed by atoms with E-state index >= 15 is 0 Å². The van der Waals surface area contributed by atoms with Crippen LogP contribution in [0.1, 0.15) is 28.8 Å². The second kappa shape index (κ2) is 8.50. The molecule has 0 aliphatic carbocycles. The molecule has 146 valence electrons. The van der Waals surface area contributed by atoms with E-state index in [0.29, 0.717) is 25.3 Å². The number of rotatable bonds is 8. The van der Waals surface area contributed by atoms with Crippen LogP contribution in [0.3, 0.4) is 0 Å². The summed E-state index contributed by atoms with van der Waals surface area (Å²) in [4.78, 5) is 36.6. The van der Waals surface area contributed by atoms with Gasteiger partial charge in [-0.15, -0.1) is 0 Å². The molecule has 4 rings (SSSR count). The second-order valence-electron chi connectivity index (χ2n) is 7.19. The standard InChI is InChI=1S/C21H24N4O3/c26-20(17-8-10-22-11-9-17)13-23-12-18-6-7-19-14-24(18)21(27)25(19)28-15-16-4-2-1-3-5-16/h1-5,8-11,18-19,23H,6-7,12-15H2/t18-,19+/m0/s1. The van der Waals surface area contributed by atoms with Crippen molar-refractivity contribution in [3.8, 4) is 0 Å². The lowest BCUT2D eigenvalue weighted by molar-refractivity contribution is -0.140. The molecule has 2 fully saturated rings. The Kier molecular flexibility index (Phi) is 5.64. The number of hydrogen-bond donors (Lipinski definition) is 1. The van der Waals surface area contributed by atoms with Crippen molar-refractivity contribution in [1.29, 1.82) is 0 Å². The normalized spacial score (nSPS) is 21.2. The molecule has 2 atom stereocenters. The summed E-state index contributed by atoms with van der Waals surface area (Å²) in [6.45, 7) is 1.92. The summed E-state index contributed by atoms with van der Waals surface area (Å²) >= 11 is 0. The summed E-state index contributed by atoms with van der Waals surface area (Å²) in [7, 11) is 0. The first kappa shape index (κ1) is 18.6. The topological polar surface area (TPSA) is 74.8 Å². The zero-order valence-electron chi connectivity index (χ0n) is 15.7. The molecule has 2 amide bonds. The van der Waals surface area contributed by atoms with Crippen molar-refractivity contribution in [2.24, 2.45) is 0 Å². The first-order valence-electron chi connectivity index (χ1n) is 9.63. The third kappa shape index (κ3) is 4.05. The van der Waals surface area contributed by atoms with Crippen LogP contribution in [0.15, 0.2) is 54.9 Å². The molecule has 7 heteroatoms. The van der Waals surface area contributed by atoms with Gasteiger partial charge >= 0.3 is 6.03 Å². The molecule has 3 heterocycles. The lowest BCUT2D eigenvalue weighted by Gasteiger charge is -2.30. The number of pyridine rings is 1. The predicted octanol–water partition coefficient (Wildman–Crippen LogP) is 2.25. The van der Waals surface area contributed by atoms with Crippen molar-refractivity contribution in [2.45, 2.75) is 31.5 Å². The van der Waals surface area contributed by atoms with E-state index in [2.05, 4.69) is 10.3 Å². The summed E-state index contributed by atoms with van der Waals surface area (Å²) in [5, 5.41) is 4.74. The molecular weight excluding hydrogens is 356 g/mol. The highest BCUT2D eigenvalue weighted by Gasteiger charge is 2.45. The third-order valence-corrected chi connectivity index (χ3v) is 5.33. The van der Waals surface area contributed by atoms with Gasteiger partial charge in [-0.1, -0.05) is 30.3 Å². The molecular formula is C21H24N4O3. The van der Waals surface area contributed by atoms with Crippen LogP contribution in [0, 0.1) is 0 Å². The van der Waals surface area contributed by atoms with Gasteiger partial charge in [0.25, 0.3) is 0 Å². The first-order chi connectivity index (χ1) is 13.7. The minimum atomic E-state index is -0.0781. The Balaban J connectivity index is 1.27. The van der Waals surface area contributed by atoms with Crippen molar-refractivity contribution >= 4 is 11.8 Å². The number of piperidine rings is 1. The first-order valence-corrected chi connectivity index (χ1v) is 9.63. The van der Waals surface area contributed by atoms with Gasteiger partial charge in [-0.3, -0.25) is 14.6 Å². The molecule has 2 aliphatic heterocycles. The number of Topliss-reactive ketones (excluding diaryl/α,β-unsaturated/α-hetero) is 1. The van der Waals surface area contributed by atoms with Crippen molar-refractivity contribution < 1.29 is 14.4 Å². The number of fused-ring (bicyclic) bond motifs is 2. The van der Waals surface area contributed by atoms with Crippen LogP contribution in [0.4, 0.5) is 4.79 Å². The Morgan fingerprint density at radius 2 is 1.93 bits per heavy atom. The Hall–Kier alpha value is -2.77. The Labute approximate surface area is 164 Å². The number of benzene rings is 1. The molecule has 2 bridgehead atoms. The molecule has 0 saturated carbocycles. The number of urea groups is 1. The maximum absolute atomic E-state index is 12.8. The SMILES string of the molecule is O=C(CNC[C@@H]1CC[C@@H]2CN1C(=O)N2OCc1ccccc1)c1ccncc1. The van der Waals surface area contributed by atoms with E-state index in [1.165, 1.54) is 5.06 Å². The number of hydrogen-bond acceptors (Lipinski definition) is 5. The number of hydroxylamine groups is 2. The monoisotopic (exact) mass is 380 g/mol. The van der Waals surface area contributed by atoms with E-state index in [9.17, 15) is 9.59 Å². The van der Waals surface area contributed by atoms with Gasteiger partial charge in [-0.2, -0.15) is 5.06 Å². The maximum atomic E-state index is 12.8. The maximum Gasteiger partial charge on any atom is 0.344 e. The van der Waals surface area contributed by atoms with Crippen LogP contribution in [-0.2, 0) is 11.4 Å². The summed E-state index contributed by atoms with van der Waals surface area (Å²) in [5.41, 5.74) is 1.68. The minimum Gasteiger partial charge on any atom is -0.316 e. The van der Waals surface area contributed by atoms with E-state index < -0.39 is 0 Å². The van der Waals surface area contributed by atoms with Gasteiger partial charge in [0.05, 0.1) is 12.6 Å². The fourth-order valence-corrected chi connectivity index (χ4v) is 3.80. The van der Waals surface area contributed by atoms with Crippen LogP contribution >= 0.6 is 0 Å². The summed E-state index contributed by atoms with van der Waals surface area (Å²) < 4.78 is 0. The highest BCUT2D eigenvalue weighted by molar-refractivity contribution is 5.97. The summed E-state index contributed by atoms with van der Waals surface area (Å²) in [6, 6.07) is 13.4. The van der Waals surface area contributed by atoms with E-state index in [0.717, 1.165) is 18.4 Å². The van der Waals surface area contributed by atoms with E-state index in [-0.39, 0.29) is 30.4 Å². The van der Waals surface area contributed by atoms with Gasteiger partial charge in [0.1, 0.15) is 6.61 Å². The quantitative estimate of drug-likeness (QED) is 0.711. The van der Waals surface area contributed by atoms with E-state index in [1.54, 1.807) is 24.5 Å². The van der Waals surface area contributed by atoms with E-state index in [1.807, 2.05) is 35.2 Å². The van der Waals surface area contributed by atoms with Crippen molar-refractivity contribution in [1.82, 2.24) is 20.3 Å². The molecule has 0 radical (unpaired) electrons. The lowest BCUT2D eigenvalue weighted by Crippen LogP contribution is -2.46. The van der Waals surface area contributed by atoms with Crippen LogP contribution in [-0.4, -0.2) is 58.5 Å². The molecule has 0 spiro atoms. The van der Waals surface area contributed by atoms with Crippen LogP contribution < -0.4 is 5.32 Å². The van der Waals surface area contributed by atoms with Gasteiger partial charge in [-0.25, -0.2) is 4.79 Å². The highest BCUT2D eigenvalue weighted by atomic mass is 16.7. The third-order valence-electron chi connectivity index (χ3n) is 5.33. The van der Waals surface area contributed by atoms with Gasteiger partial charge in [0.15, 0.2) is 5.78 Å². The zero-order chi connectivity index (χ0) is 19.3. The van der Waals surface area contributed by atoms with Crippen molar-refractivity contribution in [3.63, 3.8) is 0 Å². The second-order valence-corrected chi connectivity index (χ2v) is 7.19. The average molecular weight is 380 g/mol. The molecule has 2 aliphatic rings. The number of nitrogens with zero attached hydrogens (tertiary/aromatic N) is 3. The number of ketones is 1. The Bertz CT molecular complexity index is 815. The number of aromatic nitrogens is 1. The molecule has 1 aromatic heterocycles. The fraction of sp³-hybridized carbons (Fsp3) is 0.381. The number of nitrogens with one attached hydrogen (secondary N) is 1. The van der Waals surface area contributed by atoms with Crippen LogP contribution in [0.2, 0.25) is 0 Å². The molecule has 1 aromatic carbocycles. The summed E-state index contributed by atoms with van der Waals surface area (Å²) in [6.07, 6.45) is 5.03. The number of amides is 2. The van der Waals surface area contributed by atoms with E-state index in [4.69, 9.17) is 4.84 Å². The molecule has 0 unspecified atom stereocenters. The van der Waals surface area contributed by atoms with Crippen LogP contribution in [0.25, 0.3) is 0 Å². The van der Waals surface area contributed by atoms with Crippen molar-refractivity contribution in [3.05, 3.63) is 66.0 Å². The average Bonchev–Trinajstić information content (AvgIpc) is 3.00. The Morgan fingerprint density at radius 3 is 2.71 bits per heavy atom. The largest absolute Gasteiger partial charge is 0.344 e. The number of carbonyl (C=O) groups excluding carboxylic acids is 2. The lowest BCUT2D eigenvalue weighted by atomic mass is 10.0. The Morgan fingerprint density at radius 1 is 1.14 bits per heavy atom. The zero-order valence-corrected chi connectivity index (χ0v) is 15.7. The number of carbonyl (C=O) groups is 2. The van der Waals surface area contributed by atoms with Gasteiger partial charge in [-0.05, 0) is 30.5 Å². The molecule has 1 N–H and O–H groups in total. The molecule has 2 saturated heterocycles. The fourth-order valence-electron chi connectivity index (χ4n) is 3.80. The minimum absolute atomic E-state index is 0.0247. The molecule has 28 heavy (non-hydrogen) atoms. The highest BCUT2D eigenvalue weighted by Crippen LogP contribution is 2.30. The summed E-state index contributed by atoms with van der Waals surface area (Å²) in [5.74, 6) is 0.0247. The molecule has 2 aromatic rings. The van der Waals surface area contributed by atoms with Gasteiger partial charge in [0, 0.05) is 37.1 Å². The molecule has 7 nitrogen and oxygen atoms in total. The van der Waals surface area contributed by atoms with Gasteiger partial charge < -0.3 is 10.2 Å². The van der Waals surface area contributed by atoms with Crippen LogP contribution in [0.5, 0.6) is 0 Å². The predicted molar refractivity (Wildman–Crippen MR) is 103 cm³/mol. The van der Waals surface area contributed by atoms with Gasteiger partial charge in [0.2, 0.25) is 0 Å². The van der Waals surface area contributed by atoms with Crippen molar-refractivity contribution in [2.75, 3.05) is 19.6 Å². The smallest absolute Gasteiger partial charge is 0.316 e.